The highest BCUT2D eigenvalue weighted by Gasteiger charge is 2.29. The highest BCUT2D eigenvalue weighted by atomic mass is 32.2. The number of benzene rings is 1. The number of aliphatic imine (C=N–C) groups is 1. The van der Waals surface area contributed by atoms with Crippen molar-refractivity contribution in [2.75, 3.05) is 18.0 Å². The van der Waals surface area contributed by atoms with E-state index < -0.39 is 0 Å². The van der Waals surface area contributed by atoms with Gasteiger partial charge in [0.15, 0.2) is 0 Å². The van der Waals surface area contributed by atoms with E-state index in [0.717, 1.165) is 29.2 Å². The lowest BCUT2D eigenvalue weighted by molar-refractivity contribution is 0.559. The van der Waals surface area contributed by atoms with E-state index in [9.17, 15) is 4.79 Å². The van der Waals surface area contributed by atoms with E-state index in [2.05, 4.69) is 37.0 Å². The molecule has 2 heterocycles. The van der Waals surface area contributed by atoms with Crippen molar-refractivity contribution in [2.45, 2.75) is 25.1 Å². The van der Waals surface area contributed by atoms with E-state index in [1.165, 1.54) is 0 Å². The fourth-order valence-electron chi connectivity index (χ4n) is 3.26. The Labute approximate surface area is 150 Å². The van der Waals surface area contributed by atoms with Crippen LogP contribution in [0.3, 0.4) is 0 Å². The molecule has 128 valence electrons. The summed E-state index contributed by atoms with van der Waals surface area (Å²) >= 11 is 1.63. The first-order chi connectivity index (χ1) is 12.2. The second kappa shape index (κ2) is 6.56. The summed E-state index contributed by atoms with van der Waals surface area (Å²) in [6.45, 7) is 6.07. The van der Waals surface area contributed by atoms with E-state index in [0.29, 0.717) is 11.1 Å². The van der Waals surface area contributed by atoms with E-state index >= 15 is 0 Å². The zero-order valence-electron chi connectivity index (χ0n) is 14.3. The molecule has 2 unspecified atom stereocenters. The van der Waals surface area contributed by atoms with Crippen LogP contribution < -0.4 is 10.5 Å². The number of fused-ring (bicyclic) bond motifs is 2. The first kappa shape index (κ1) is 16.2. The van der Waals surface area contributed by atoms with Gasteiger partial charge in [-0.05, 0) is 32.0 Å². The monoisotopic (exact) mass is 352 g/mol. The van der Waals surface area contributed by atoms with Gasteiger partial charge in [0, 0.05) is 30.2 Å². The highest BCUT2D eigenvalue weighted by molar-refractivity contribution is 8.15. The van der Waals surface area contributed by atoms with Crippen LogP contribution >= 0.6 is 11.8 Å². The number of anilines is 1. The van der Waals surface area contributed by atoms with Gasteiger partial charge in [0.25, 0.3) is 0 Å². The van der Waals surface area contributed by atoms with Crippen molar-refractivity contribution in [3.8, 4) is 0 Å². The minimum Gasteiger partial charge on any atom is -0.422 e. The molecular formula is C20H20N2O2S. The van der Waals surface area contributed by atoms with Crippen molar-refractivity contribution in [1.29, 1.82) is 0 Å². The van der Waals surface area contributed by atoms with Gasteiger partial charge in [-0.2, -0.15) is 0 Å². The Morgan fingerprint density at radius 2 is 1.96 bits per heavy atom. The molecule has 0 spiro atoms. The Morgan fingerprint density at radius 3 is 2.72 bits per heavy atom. The number of hydrogen-bond donors (Lipinski definition) is 0. The molecule has 5 heteroatoms. The van der Waals surface area contributed by atoms with Crippen molar-refractivity contribution in [2.24, 2.45) is 4.99 Å². The van der Waals surface area contributed by atoms with Gasteiger partial charge in [0.2, 0.25) is 0 Å². The molecule has 0 N–H and O–H groups in total. The lowest BCUT2D eigenvalue weighted by Crippen LogP contribution is -2.21. The second-order valence-corrected chi connectivity index (χ2v) is 7.29. The molecule has 4 rings (SSSR count). The molecule has 2 atom stereocenters. The van der Waals surface area contributed by atoms with Crippen LogP contribution in [0.2, 0.25) is 0 Å². The summed E-state index contributed by atoms with van der Waals surface area (Å²) in [6, 6.07) is 8.06. The van der Waals surface area contributed by atoms with Gasteiger partial charge >= 0.3 is 5.63 Å². The molecule has 1 aromatic carbocycles. The Morgan fingerprint density at radius 1 is 1.16 bits per heavy atom. The van der Waals surface area contributed by atoms with Crippen LogP contribution in [-0.2, 0) is 0 Å². The number of nitrogens with zero attached hydrogens (tertiary/aromatic N) is 2. The summed E-state index contributed by atoms with van der Waals surface area (Å²) in [5.74, 6) is 0. The normalized spacial score (nSPS) is 21.4. The number of allylic oxidation sites excluding steroid dienone is 2. The largest absolute Gasteiger partial charge is 0.422 e. The second-order valence-electron chi connectivity index (χ2n) is 6.12. The van der Waals surface area contributed by atoms with Gasteiger partial charge in [-0.3, -0.25) is 4.99 Å². The maximum absolute atomic E-state index is 12.5. The maximum atomic E-state index is 12.5. The van der Waals surface area contributed by atoms with Gasteiger partial charge in [0.1, 0.15) is 10.6 Å². The number of thioether (sulfide) groups is 1. The number of rotatable bonds is 4. The van der Waals surface area contributed by atoms with Gasteiger partial charge < -0.3 is 9.32 Å². The summed E-state index contributed by atoms with van der Waals surface area (Å²) in [5, 5.41) is 1.98. The summed E-state index contributed by atoms with van der Waals surface area (Å²) in [4.78, 5) is 19.5. The molecule has 25 heavy (non-hydrogen) atoms. The summed E-state index contributed by atoms with van der Waals surface area (Å²) < 4.78 is 5.63. The van der Waals surface area contributed by atoms with Crippen LogP contribution in [0.1, 0.15) is 19.4 Å². The van der Waals surface area contributed by atoms with E-state index in [4.69, 9.17) is 9.41 Å². The van der Waals surface area contributed by atoms with Crippen LogP contribution in [0.15, 0.2) is 62.8 Å². The topological polar surface area (TPSA) is 45.8 Å². The van der Waals surface area contributed by atoms with Gasteiger partial charge in [-0.15, -0.1) is 0 Å². The molecular weight excluding hydrogens is 332 g/mol. The lowest BCUT2D eigenvalue weighted by Gasteiger charge is -2.21. The minimum absolute atomic E-state index is 0.116. The van der Waals surface area contributed by atoms with Gasteiger partial charge in [-0.25, -0.2) is 4.79 Å². The van der Waals surface area contributed by atoms with Crippen LogP contribution in [-0.4, -0.2) is 29.4 Å². The predicted octanol–water partition coefficient (Wildman–Crippen LogP) is 4.00. The summed E-state index contributed by atoms with van der Waals surface area (Å²) in [7, 11) is 0. The quantitative estimate of drug-likeness (QED) is 0.781. The van der Waals surface area contributed by atoms with E-state index in [1.807, 2.05) is 30.4 Å². The molecule has 0 bridgehead atoms. The average Bonchev–Trinajstić information content (AvgIpc) is 3.06. The Kier molecular flexibility index (Phi) is 4.25. The molecule has 0 saturated heterocycles. The molecule has 0 radical (unpaired) electrons. The van der Waals surface area contributed by atoms with Crippen molar-refractivity contribution in [3.05, 3.63) is 64.6 Å². The third kappa shape index (κ3) is 2.93. The Bertz CT molecular complexity index is 954. The average molecular weight is 352 g/mol. The highest BCUT2D eigenvalue weighted by Crippen LogP contribution is 2.33. The molecule has 4 nitrogen and oxygen atoms in total. The van der Waals surface area contributed by atoms with Crippen LogP contribution in [0.25, 0.3) is 11.0 Å². The first-order valence-corrected chi connectivity index (χ1v) is 9.50. The van der Waals surface area contributed by atoms with Gasteiger partial charge in [0.05, 0.1) is 16.9 Å². The Hall–Kier alpha value is -2.27. The third-order valence-corrected chi connectivity index (χ3v) is 5.91. The van der Waals surface area contributed by atoms with Crippen molar-refractivity contribution in [3.63, 3.8) is 0 Å². The Balaban J connectivity index is 1.73. The van der Waals surface area contributed by atoms with Crippen LogP contribution in [0, 0.1) is 0 Å². The standard InChI is InChI=1S/C20H20N2O2S/c1-3-22(4-2)14-10-9-13-11-15(20(23)24-17(13)12-14)19-21-16-7-5-6-8-18(16)25-19/h5-12,16,18H,3-4H2,1-2H3. The smallest absolute Gasteiger partial charge is 0.346 e. The fraction of sp³-hybridized carbons (Fsp3) is 0.300. The zero-order chi connectivity index (χ0) is 17.4. The summed E-state index contributed by atoms with van der Waals surface area (Å²) in [5.41, 5.74) is 1.94. The molecule has 2 aromatic rings. The predicted molar refractivity (Wildman–Crippen MR) is 106 cm³/mol. The van der Waals surface area contributed by atoms with Crippen LogP contribution in [0.4, 0.5) is 5.69 Å². The first-order valence-electron chi connectivity index (χ1n) is 8.62. The van der Waals surface area contributed by atoms with Crippen molar-refractivity contribution >= 4 is 33.5 Å². The van der Waals surface area contributed by atoms with Crippen LogP contribution in [0.5, 0.6) is 0 Å². The van der Waals surface area contributed by atoms with Crippen molar-refractivity contribution < 1.29 is 4.42 Å². The minimum atomic E-state index is -0.318. The molecule has 2 aliphatic rings. The van der Waals surface area contributed by atoms with Gasteiger partial charge in [-0.1, -0.05) is 36.1 Å². The van der Waals surface area contributed by atoms with Crippen molar-refractivity contribution in [1.82, 2.24) is 0 Å². The maximum Gasteiger partial charge on any atom is 0.346 e. The lowest BCUT2D eigenvalue weighted by atomic mass is 10.1. The number of hydrogen-bond acceptors (Lipinski definition) is 5. The molecule has 1 aliphatic carbocycles. The molecule has 0 fully saturated rings. The molecule has 0 amide bonds. The molecule has 1 aromatic heterocycles. The SMILES string of the molecule is CCN(CC)c1ccc2cc(C3=NC4C=CC=CC4S3)c(=O)oc2c1. The molecule has 0 saturated carbocycles. The fourth-order valence-corrected chi connectivity index (χ4v) is 4.43. The van der Waals surface area contributed by atoms with E-state index in [-0.39, 0.29) is 16.9 Å². The third-order valence-electron chi connectivity index (χ3n) is 4.65. The van der Waals surface area contributed by atoms with E-state index in [1.54, 1.807) is 11.8 Å². The molecule has 1 aliphatic heterocycles. The zero-order valence-corrected chi connectivity index (χ0v) is 15.1. The summed E-state index contributed by atoms with van der Waals surface area (Å²) in [6.07, 6.45) is 8.24.